The first-order valence-corrected chi connectivity index (χ1v) is 8.38. The molecule has 3 heterocycles. The van der Waals surface area contributed by atoms with Crippen molar-refractivity contribution in [2.75, 3.05) is 0 Å². The van der Waals surface area contributed by atoms with Crippen molar-refractivity contribution in [1.82, 2.24) is 24.9 Å². The zero-order valence-corrected chi connectivity index (χ0v) is 13.6. The molecule has 1 fully saturated rings. The SMILES string of the molecule is O=C(N[C@H](Cc1ccccn1)C1CC(O)C1)c1cc2ncccn2n1. The lowest BCUT2D eigenvalue weighted by Crippen LogP contribution is -2.48. The highest BCUT2D eigenvalue weighted by Crippen LogP contribution is 2.31. The third-order valence-electron chi connectivity index (χ3n) is 4.66. The van der Waals surface area contributed by atoms with Crippen molar-refractivity contribution in [1.29, 1.82) is 0 Å². The maximum absolute atomic E-state index is 12.6. The topological polar surface area (TPSA) is 92.4 Å². The Morgan fingerprint density at radius 2 is 2.12 bits per heavy atom. The van der Waals surface area contributed by atoms with Gasteiger partial charge in [-0.15, -0.1) is 0 Å². The van der Waals surface area contributed by atoms with Crippen LogP contribution in [0.5, 0.6) is 0 Å². The molecule has 0 saturated heterocycles. The molecule has 0 bridgehead atoms. The number of pyridine rings is 1. The minimum atomic E-state index is -0.271. The summed E-state index contributed by atoms with van der Waals surface area (Å²) in [5.41, 5.74) is 1.89. The van der Waals surface area contributed by atoms with Gasteiger partial charge in [-0.25, -0.2) is 9.50 Å². The monoisotopic (exact) mass is 337 g/mol. The number of carbonyl (C=O) groups is 1. The molecule has 0 aliphatic heterocycles. The van der Waals surface area contributed by atoms with Crippen LogP contribution in [0.15, 0.2) is 48.9 Å². The van der Waals surface area contributed by atoms with Crippen LogP contribution in [0.3, 0.4) is 0 Å². The quantitative estimate of drug-likeness (QED) is 0.731. The Labute approximate surface area is 144 Å². The van der Waals surface area contributed by atoms with Gasteiger partial charge in [0.15, 0.2) is 11.3 Å². The molecular formula is C18H19N5O2. The first-order chi connectivity index (χ1) is 12.2. The Kier molecular flexibility index (Phi) is 4.15. The molecule has 4 rings (SSSR count). The summed E-state index contributed by atoms with van der Waals surface area (Å²) in [7, 11) is 0. The van der Waals surface area contributed by atoms with E-state index in [1.807, 2.05) is 18.2 Å². The molecule has 1 amide bonds. The van der Waals surface area contributed by atoms with Gasteiger partial charge in [0, 0.05) is 42.8 Å². The fourth-order valence-corrected chi connectivity index (χ4v) is 3.22. The summed E-state index contributed by atoms with van der Waals surface area (Å²) in [4.78, 5) is 21.2. The summed E-state index contributed by atoms with van der Waals surface area (Å²) in [5.74, 6) is 0.0175. The Hall–Kier alpha value is -2.80. The van der Waals surface area contributed by atoms with E-state index in [4.69, 9.17) is 0 Å². The van der Waals surface area contributed by atoms with E-state index in [1.165, 1.54) is 0 Å². The molecule has 0 unspecified atom stereocenters. The van der Waals surface area contributed by atoms with Crippen LogP contribution in [0, 0.1) is 5.92 Å². The molecule has 7 nitrogen and oxygen atoms in total. The number of nitrogens with one attached hydrogen (secondary N) is 1. The maximum atomic E-state index is 12.6. The number of nitrogens with zero attached hydrogens (tertiary/aromatic N) is 4. The van der Waals surface area contributed by atoms with E-state index in [2.05, 4.69) is 20.4 Å². The predicted octanol–water partition coefficient (Wildman–Crippen LogP) is 1.24. The summed E-state index contributed by atoms with van der Waals surface area (Å²) >= 11 is 0. The molecule has 2 N–H and O–H groups in total. The normalized spacial score (nSPS) is 20.8. The predicted molar refractivity (Wildman–Crippen MR) is 90.9 cm³/mol. The Balaban J connectivity index is 1.51. The largest absolute Gasteiger partial charge is 0.393 e. The fraction of sp³-hybridized carbons (Fsp3) is 0.333. The Bertz CT molecular complexity index is 840. The van der Waals surface area contributed by atoms with Crippen LogP contribution in [-0.2, 0) is 6.42 Å². The molecule has 3 aromatic heterocycles. The number of amides is 1. The van der Waals surface area contributed by atoms with Gasteiger partial charge in [0.05, 0.1) is 6.10 Å². The van der Waals surface area contributed by atoms with Crippen LogP contribution in [-0.4, -0.2) is 42.7 Å². The summed E-state index contributed by atoms with van der Waals surface area (Å²) in [6.45, 7) is 0. The number of carbonyl (C=O) groups excluding carboxylic acids is 1. The number of fused-ring (bicyclic) bond motifs is 1. The van der Waals surface area contributed by atoms with E-state index < -0.39 is 0 Å². The molecular weight excluding hydrogens is 318 g/mol. The van der Waals surface area contributed by atoms with Crippen molar-refractivity contribution in [2.24, 2.45) is 5.92 Å². The van der Waals surface area contributed by atoms with Crippen molar-refractivity contribution in [3.63, 3.8) is 0 Å². The minimum absolute atomic E-state index is 0.0800. The van der Waals surface area contributed by atoms with E-state index in [-0.39, 0.29) is 24.0 Å². The number of aliphatic hydroxyl groups is 1. The molecule has 1 aliphatic carbocycles. The van der Waals surface area contributed by atoms with Crippen molar-refractivity contribution < 1.29 is 9.90 Å². The van der Waals surface area contributed by atoms with E-state index in [1.54, 1.807) is 35.2 Å². The van der Waals surface area contributed by atoms with Gasteiger partial charge in [-0.05, 0) is 37.0 Å². The highest BCUT2D eigenvalue weighted by atomic mass is 16.3. The molecule has 0 spiro atoms. The third kappa shape index (κ3) is 3.36. The van der Waals surface area contributed by atoms with Gasteiger partial charge in [-0.1, -0.05) is 6.07 Å². The average Bonchev–Trinajstić information content (AvgIpc) is 3.04. The number of rotatable bonds is 5. The van der Waals surface area contributed by atoms with Crippen molar-refractivity contribution in [3.8, 4) is 0 Å². The van der Waals surface area contributed by atoms with Crippen molar-refractivity contribution in [3.05, 3.63) is 60.3 Å². The standard InChI is InChI=1S/C18H19N5O2/c24-14-8-12(9-14)15(10-13-4-1-2-5-19-13)21-18(25)16-11-17-20-6-3-7-23(17)22-16/h1-7,11-12,14-15,24H,8-10H2,(H,21,25)/t12?,14?,15-/m1/s1. The van der Waals surface area contributed by atoms with E-state index in [9.17, 15) is 9.90 Å². The van der Waals surface area contributed by atoms with Crippen molar-refractivity contribution in [2.45, 2.75) is 31.4 Å². The lowest BCUT2D eigenvalue weighted by atomic mass is 9.76. The van der Waals surface area contributed by atoms with Crippen LogP contribution in [0.1, 0.15) is 29.0 Å². The fourth-order valence-electron chi connectivity index (χ4n) is 3.22. The zero-order chi connectivity index (χ0) is 17.2. The summed E-state index contributed by atoms with van der Waals surface area (Å²) in [6, 6.07) is 9.11. The molecule has 1 atom stereocenters. The second kappa shape index (κ2) is 6.60. The minimum Gasteiger partial charge on any atom is -0.393 e. The van der Waals surface area contributed by atoms with E-state index >= 15 is 0 Å². The van der Waals surface area contributed by atoms with Gasteiger partial charge in [0.1, 0.15) is 0 Å². The molecule has 0 aromatic carbocycles. The second-order valence-corrected chi connectivity index (χ2v) is 6.44. The van der Waals surface area contributed by atoms with Crippen LogP contribution < -0.4 is 5.32 Å². The van der Waals surface area contributed by atoms with Gasteiger partial charge < -0.3 is 10.4 Å². The number of hydrogen-bond donors (Lipinski definition) is 2. The van der Waals surface area contributed by atoms with Gasteiger partial charge in [0.2, 0.25) is 0 Å². The van der Waals surface area contributed by atoms with Gasteiger partial charge in [0.25, 0.3) is 5.91 Å². The van der Waals surface area contributed by atoms with Crippen LogP contribution >= 0.6 is 0 Å². The number of hydrogen-bond acceptors (Lipinski definition) is 5. The van der Waals surface area contributed by atoms with Gasteiger partial charge >= 0.3 is 0 Å². The second-order valence-electron chi connectivity index (χ2n) is 6.44. The lowest BCUT2D eigenvalue weighted by molar-refractivity contribution is 0.0237. The molecule has 128 valence electrons. The van der Waals surface area contributed by atoms with Crippen molar-refractivity contribution >= 4 is 11.6 Å². The average molecular weight is 337 g/mol. The molecule has 0 radical (unpaired) electrons. The first kappa shape index (κ1) is 15.7. The first-order valence-electron chi connectivity index (χ1n) is 8.38. The summed E-state index contributed by atoms with van der Waals surface area (Å²) in [5, 5.41) is 17.0. The number of aromatic nitrogens is 4. The molecule has 1 saturated carbocycles. The van der Waals surface area contributed by atoms with Crippen LogP contribution in [0.2, 0.25) is 0 Å². The zero-order valence-electron chi connectivity index (χ0n) is 13.6. The van der Waals surface area contributed by atoms with Gasteiger partial charge in [-0.2, -0.15) is 5.10 Å². The van der Waals surface area contributed by atoms with E-state index in [0.29, 0.717) is 30.6 Å². The highest BCUT2D eigenvalue weighted by Gasteiger charge is 2.35. The number of aliphatic hydroxyl groups excluding tert-OH is 1. The smallest absolute Gasteiger partial charge is 0.272 e. The summed E-state index contributed by atoms with van der Waals surface area (Å²) < 4.78 is 1.58. The van der Waals surface area contributed by atoms with Crippen LogP contribution in [0.25, 0.3) is 5.65 Å². The van der Waals surface area contributed by atoms with Gasteiger partial charge in [-0.3, -0.25) is 9.78 Å². The molecule has 25 heavy (non-hydrogen) atoms. The molecule has 7 heteroatoms. The molecule has 3 aromatic rings. The lowest BCUT2D eigenvalue weighted by Gasteiger charge is -2.37. The Morgan fingerprint density at radius 3 is 2.84 bits per heavy atom. The maximum Gasteiger partial charge on any atom is 0.272 e. The van der Waals surface area contributed by atoms with Crippen LogP contribution in [0.4, 0.5) is 0 Å². The molecule has 1 aliphatic rings. The highest BCUT2D eigenvalue weighted by molar-refractivity contribution is 5.93. The van der Waals surface area contributed by atoms with E-state index in [0.717, 1.165) is 5.69 Å². The Morgan fingerprint density at radius 1 is 1.28 bits per heavy atom. The summed E-state index contributed by atoms with van der Waals surface area (Å²) in [6.07, 6.45) is 6.93. The third-order valence-corrected chi connectivity index (χ3v) is 4.66.